The van der Waals surface area contributed by atoms with Crippen LogP contribution in [0.4, 0.5) is 0 Å². The average Bonchev–Trinajstić information content (AvgIpc) is 2.73. The van der Waals surface area contributed by atoms with Gasteiger partial charge in [0.25, 0.3) is 0 Å². The summed E-state index contributed by atoms with van der Waals surface area (Å²) in [7, 11) is 0. The molecular weight excluding hydrogens is 208 g/mol. The molecule has 1 saturated heterocycles. The van der Waals surface area contributed by atoms with Crippen molar-refractivity contribution >= 4 is 12.4 Å². The summed E-state index contributed by atoms with van der Waals surface area (Å²) < 4.78 is 0. The van der Waals surface area contributed by atoms with E-state index in [0.29, 0.717) is 5.57 Å². The molecule has 2 aliphatic rings. The van der Waals surface area contributed by atoms with Crippen molar-refractivity contribution in [2.24, 2.45) is 10.2 Å². The number of hydrogen-bond acceptors (Lipinski definition) is 5. The lowest BCUT2D eigenvalue weighted by atomic mass is 9.84. The van der Waals surface area contributed by atoms with Crippen LogP contribution in [0.1, 0.15) is 27.7 Å². The summed E-state index contributed by atoms with van der Waals surface area (Å²) in [6.45, 7) is 7.21. The van der Waals surface area contributed by atoms with Gasteiger partial charge in [0.15, 0.2) is 5.82 Å². The Morgan fingerprint density at radius 2 is 1.62 bits per heavy atom. The van der Waals surface area contributed by atoms with Gasteiger partial charge >= 0.3 is 0 Å². The zero-order valence-corrected chi connectivity index (χ0v) is 9.80. The van der Waals surface area contributed by atoms with E-state index in [1.807, 2.05) is 13.8 Å². The summed E-state index contributed by atoms with van der Waals surface area (Å²) >= 11 is 0. The van der Waals surface area contributed by atoms with Crippen molar-refractivity contribution in [3.05, 3.63) is 11.4 Å². The summed E-state index contributed by atoms with van der Waals surface area (Å²) in [6, 6.07) is 0. The third-order valence-electron chi connectivity index (χ3n) is 3.65. The number of hydroxylamine groups is 4. The molecule has 6 heteroatoms. The van der Waals surface area contributed by atoms with Gasteiger partial charge in [-0.25, -0.2) is 5.06 Å². The lowest BCUT2D eigenvalue weighted by Crippen LogP contribution is -2.52. The first-order valence-corrected chi connectivity index (χ1v) is 5.07. The molecule has 16 heavy (non-hydrogen) atoms. The lowest BCUT2D eigenvalue weighted by molar-refractivity contribution is -0.181. The SMILES string of the molecule is CC1(C)N([O])C(=C2C=NN=C2)N(O)C1(C)C. The highest BCUT2D eigenvalue weighted by molar-refractivity contribution is 6.07. The first-order chi connectivity index (χ1) is 7.30. The second-order valence-corrected chi connectivity index (χ2v) is 4.99. The van der Waals surface area contributed by atoms with Crippen molar-refractivity contribution in [1.29, 1.82) is 0 Å². The molecule has 0 unspecified atom stereocenters. The molecule has 1 N–H and O–H groups in total. The summed E-state index contributed by atoms with van der Waals surface area (Å²) in [5, 5.41) is 31.4. The molecule has 2 rings (SSSR count). The van der Waals surface area contributed by atoms with Gasteiger partial charge in [-0.05, 0) is 27.7 Å². The Labute approximate surface area is 94.1 Å². The Bertz CT molecular complexity index is 373. The summed E-state index contributed by atoms with van der Waals surface area (Å²) in [4.78, 5) is 0. The maximum Gasteiger partial charge on any atom is 0.167 e. The highest BCUT2D eigenvalue weighted by Gasteiger charge is 2.56. The van der Waals surface area contributed by atoms with E-state index in [1.54, 1.807) is 13.8 Å². The fourth-order valence-electron chi connectivity index (χ4n) is 1.70. The second kappa shape index (κ2) is 3.05. The van der Waals surface area contributed by atoms with E-state index < -0.39 is 11.1 Å². The third kappa shape index (κ3) is 1.14. The molecule has 6 nitrogen and oxygen atoms in total. The predicted molar refractivity (Wildman–Crippen MR) is 58.3 cm³/mol. The molecule has 0 saturated carbocycles. The van der Waals surface area contributed by atoms with E-state index >= 15 is 0 Å². The van der Waals surface area contributed by atoms with Gasteiger partial charge in [-0.15, -0.1) is 0 Å². The van der Waals surface area contributed by atoms with Crippen LogP contribution in [0.3, 0.4) is 0 Å². The van der Waals surface area contributed by atoms with Gasteiger partial charge in [0.05, 0.1) is 29.1 Å². The van der Waals surface area contributed by atoms with Crippen molar-refractivity contribution in [3.63, 3.8) is 0 Å². The number of nitrogens with zero attached hydrogens (tertiary/aromatic N) is 4. The minimum atomic E-state index is -0.728. The van der Waals surface area contributed by atoms with E-state index in [0.717, 1.165) is 10.1 Å². The fraction of sp³-hybridized carbons (Fsp3) is 0.600. The van der Waals surface area contributed by atoms with Crippen LogP contribution in [0, 0.1) is 0 Å². The first kappa shape index (κ1) is 11.1. The van der Waals surface area contributed by atoms with Crippen molar-refractivity contribution in [3.8, 4) is 0 Å². The molecule has 2 aliphatic heterocycles. The topological polar surface area (TPSA) is 71.3 Å². The van der Waals surface area contributed by atoms with Gasteiger partial charge in [0, 0.05) is 0 Å². The standard InChI is InChI=1S/C10H15N4O2/c1-9(2)10(3,4)14(16)8(13(9)15)7-5-11-12-6-7/h5-6,15H,1-4H3. The molecular formula is C10H15N4O2. The number of hydrogen-bond donors (Lipinski definition) is 1. The Hall–Kier alpha value is -1.40. The molecule has 1 fully saturated rings. The van der Waals surface area contributed by atoms with Gasteiger partial charge in [-0.2, -0.15) is 15.3 Å². The van der Waals surface area contributed by atoms with Crippen LogP contribution < -0.4 is 0 Å². The molecule has 87 valence electrons. The molecule has 2 heterocycles. The molecule has 0 spiro atoms. The van der Waals surface area contributed by atoms with E-state index in [2.05, 4.69) is 10.2 Å². The van der Waals surface area contributed by atoms with Gasteiger partial charge in [-0.3, -0.25) is 5.21 Å². The van der Waals surface area contributed by atoms with Crippen LogP contribution >= 0.6 is 0 Å². The number of allylic oxidation sites excluding steroid dienone is 1. The van der Waals surface area contributed by atoms with Crippen LogP contribution in [0.15, 0.2) is 21.6 Å². The molecule has 0 atom stereocenters. The van der Waals surface area contributed by atoms with Gasteiger partial charge in [-0.1, -0.05) is 5.21 Å². The van der Waals surface area contributed by atoms with Crippen LogP contribution in [-0.2, 0) is 5.21 Å². The predicted octanol–water partition coefficient (Wildman–Crippen LogP) is 1.18. The highest BCUT2D eigenvalue weighted by atomic mass is 16.6. The van der Waals surface area contributed by atoms with Crippen LogP contribution in [-0.4, -0.2) is 38.8 Å². The highest BCUT2D eigenvalue weighted by Crippen LogP contribution is 2.44. The molecule has 0 aromatic heterocycles. The second-order valence-electron chi connectivity index (χ2n) is 4.99. The average molecular weight is 223 g/mol. The van der Waals surface area contributed by atoms with Gasteiger partial charge < -0.3 is 0 Å². The molecule has 0 bridgehead atoms. The Kier molecular flexibility index (Phi) is 2.12. The largest absolute Gasteiger partial charge is 0.286 e. The first-order valence-electron chi connectivity index (χ1n) is 5.07. The minimum Gasteiger partial charge on any atom is -0.286 e. The Balaban J connectivity index is 2.56. The van der Waals surface area contributed by atoms with Crippen LogP contribution in [0.2, 0.25) is 0 Å². The minimum absolute atomic E-state index is 0.194. The fourth-order valence-corrected chi connectivity index (χ4v) is 1.70. The number of rotatable bonds is 0. The Morgan fingerprint density at radius 1 is 1.12 bits per heavy atom. The summed E-state index contributed by atoms with van der Waals surface area (Å²) in [5.41, 5.74) is -0.883. The maximum atomic E-state index is 12.2. The van der Waals surface area contributed by atoms with Gasteiger partial charge in [0.2, 0.25) is 0 Å². The maximum absolute atomic E-state index is 12.2. The molecule has 0 aliphatic carbocycles. The van der Waals surface area contributed by atoms with E-state index in [-0.39, 0.29) is 5.82 Å². The quantitative estimate of drug-likeness (QED) is 0.670. The zero-order chi connectivity index (χ0) is 12.1. The lowest BCUT2D eigenvalue weighted by Gasteiger charge is -2.36. The smallest absolute Gasteiger partial charge is 0.167 e. The van der Waals surface area contributed by atoms with E-state index in [9.17, 15) is 10.4 Å². The van der Waals surface area contributed by atoms with E-state index in [4.69, 9.17) is 0 Å². The zero-order valence-electron chi connectivity index (χ0n) is 9.80. The monoisotopic (exact) mass is 223 g/mol. The van der Waals surface area contributed by atoms with Crippen LogP contribution in [0.5, 0.6) is 0 Å². The molecule has 0 amide bonds. The van der Waals surface area contributed by atoms with E-state index in [1.165, 1.54) is 12.4 Å². The van der Waals surface area contributed by atoms with Crippen LogP contribution in [0.25, 0.3) is 0 Å². The van der Waals surface area contributed by atoms with Crippen molar-refractivity contribution in [2.45, 2.75) is 38.8 Å². The van der Waals surface area contributed by atoms with Crippen molar-refractivity contribution in [2.75, 3.05) is 0 Å². The summed E-state index contributed by atoms with van der Waals surface area (Å²) in [6.07, 6.45) is 2.92. The molecule has 0 aromatic carbocycles. The summed E-state index contributed by atoms with van der Waals surface area (Å²) in [5.74, 6) is 0.194. The normalized spacial score (nSPS) is 26.1. The third-order valence-corrected chi connectivity index (χ3v) is 3.65. The van der Waals surface area contributed by atoms with Crippen molar-refractivity contribution in [1.82, 2.24) is 10.1 Å². The molecule has 0 aromatic rings. The Morgan fingerprint density at radius 3 is 2.00 bits per heavy atom. The van der Waals surface area contributed by atoms with Crippen molar-refractivity contribution < 1.29 is 10.4 Å². The molecule has 1 radical (unpaired) electrons. The van der Waals surface area contributed by atoms with Gasteiger partial charge in [0.1, 0.15) is 0 Å².